The lowest BCUT2D eigenvalue weighted by Gasteiger charge is -2.04. The predicted octanol–water partition coefficient (Wildman–Crippen LogP) is 3.36. The zero-order valence-corrected chi connectivity index (χ0v) is 10.8. The third-order valence-corrected chi connectivity index (χ3v) is 2.72. The van der Waals surface area contributed by atoms with E-state index in [-0.39, 0.29) is 11.4 Å². The molecule has 0 aliphatic carbocycles. The number of benzene rings is 2. The highest BCUT2D eigenvalue weighted by Crippen LogP contribution is 2.11. The maximum atomic E-state index is 12.8. The van der Waals surface area contributed by atoms with Crippen molar-refractivity contribution in [1.82, 2.24) is 0 Å². The highest BCUT2D eigenvalue weighted by molar-refractivity contribution is 5.99. The topological polar surface area (TPSA) is 61.7 Å². The summed E-state index contributed by atoms with van der Waals surface area (Å²) < 4.78 is 12.8. The maximum Gasteiger partial charge on any atom is 0.335 e. The van der Waals surface area contributed by atoms with Crippen LogP contribution in [0.1, 0.15) is 22.8 Å². The smallest absolute Gasteiger partial charge is 0.335 e. The van der Waals surface area contributed by atoms with Gasteiger partial charge in [-0.15, -0.1) is 0 Å². The molecule has 2 N–H and O–H groups in total. The number of carboxylic acid groups (broad SMARTS) is 1. The Hall–Kier alpha value is -2.69. The molecule has 0 spiro atoms. The van der Waals surface area contributed by atoms with Crippen LogP contribution in [0.3, 0.4) is 0 Å². The van der Waals surface area contributed by atoms with Gasteiger partial charge in [-0.2, -0.15) is 5.10 Å². The van der Waals surface area contributed by atoms with E-state index in [1.54, 1.807) is 31.2 Å². The Morgan fingerprint density at radius 3 is 2.50 bits per heavy atom. The van der Waals surface area contributed by atoms with Crippen molar-refractivity contribution in [2.75, 3.05) is 5.43 Å². The lowest BCUT2D eigenvalue weighted by atomic mass is 10.1. The van der Waals surface area contributed by atoms with Gasteiger partial charge in [0.15, 0.2) is 0 Å². The summed E-state index contributed by atoms with van der Waals surface area (Å²) in [5.41, 5.74) is 5.00. The molecule has 2 rings (SSSR count). The fraction of sp³-hybridized carbons (Fsp3) is 0.0667. The highest BCUT2D eigenvalue weighted by atomic mass is 19.1. The van der Waals surface area contributed by atoms with Crippen LogP contribution in [0.5, 0.6) is 0 Å². The molecule has 0 saturated heterocycles. The average Bonchev–Trinajstić information content (AvgIpc) is 2.46. The number of hydrazone groups is 1. The minimum Gasteiger partial charge on any atom is -0.478 e. The molecule has 102 valence electrons. The van der Waals surface area contributed by atoms with Crippen molar-refractivity contribution in [3.8, 4) is 0 Å². The largest absolute Gasteiger partial charge is 0.478 e. The van der Waals surface area contributed by atoms with Gasteiger partial charge in [0.25, 0.3) is 0 Å². The van der Waals surface area contributed by atoms with Crippen molar-refractivity contribution in [3.05, 3.63) is 65.5 Å². The SMILES string of the molecule is C/C(=N\Nc1cccc(C(=O)O)c1)c1ccc(F)cc1. The number of hydrogen-bond acceptors (Lipinski definition) is 3. The van der Waals surface area contributed by atoms with Crippen molar-refractivity contribution < 1.29 is 14.3 Å². The van der Waals surface area contributed by atoms with Crippen LogP contribution in [0.15, 0.2) is 53.6 Å². The molecule has 0 amide bonds. The standard InChI is InChI=1S/C15H13FN2O2/c1-10(11-5-7-13(16)8-6-11)17-18-14-4-2-3-12(9-14)15(19)20/h2-9,18H,1H3,(H,19,20)/b17-10+. The molecule has 0 unspecified atom stereocenters. The van der Waals surface area contributed by atoms with Gasteiger partial charge in [-0.1, -0.05) is 18.2 Å². The van der Waals surface area contributed by atoms with E-state index in [0.29, 0.717) is 11.4 Å². The van der Waals surface area contributed by atoms with Gasteiger partial charge < -0.3 is 5.11 Å². The Kier molecular flexibility index (Phi) is 4.10. The first kappa shape index (κ1) is 13.7. The molecule has 0 aromatic heterocycles. The third kappa shape index (κ3) is 3.41. The first-order valence-electron chi connectivity index (χ1n) is 5.96. The molecule has 0 atom stereocenters. The van der Waals surface area contributed by atoms with E-state index >= 15 is 0 Å². The molecule has 0 radical (unpaired) electrons. The van der Waals surface area contributed by atoms with Crippen molar-refractivity contribution in [3.63, 3.8) is 0 Å². The summed E-state index contributed by atoms with van der Waals surface area (Å²) in [6.45, 7) is 1.78. The second kappa shape index (κ2) is 5.97. The summed E-state index contributed by atoms with van der Waals surface area (Å²) in [5.74, 6) is -1.29. The van der Waals surface area contributed by atoms with E-state index < -0.39 is 5.97 Å². The van der Waals surface area contributed by atoms with Crippen LogP contribution in [0.4, 0.5) is 10.1 Å². The molecule has 0 fully saturated rings. The minimum atomic E-state index is -0.993. The lowest BCUT2D eigenvalue weighted by Crippen LogP contribution is -2.01. The van der Waals surface area contributed by atoms with Gasteiger partial charge in [0.05, 0.1) is 17.0 Å². The summed E-state index contributed by atoms with van der Waals surface area (Å²) in [5, 5.41) is 13.0. The molecule has 0 bridgehead atoms. The van der Waals surface area contributed by atoms with Crippen molar-refractivity contribution in [2.24, 2.45) is 5.10 Å². The van der Waals surface area contributed by atoms with E-state index in [2.05, 4.69) is 10.5 Å². The first-order chi connectivity index (χ1) is 9.56. The van der Waals surface area contributed by atoms with E-state index in [0.717, 1.165) is 5.56 Å². The summed E-state index contributed by atoms with van der Waals surface area (Å²) in [6.07, 6.45) is 0. The molecular formula is C15H13FN2O2. The number of carbonyl (C=O) groups is 1. The fourth-order valence-electron chi connectivity index (χ4n) is 1.63. The number of nitrogens with one attached hydrogen (secondary N) is 1. The van der Waals surface area contributed by atoms with Crippen molar-refractivity contribution in [1.29, 1.82) is 0 Å². The minimum absolute atomic E-state index is 0.185. The summed E-state index contributed by atoms with van der Waals surface area (Å²) in [4.78, 5) is 10.8. The zero-order valence-electron chi connectivity index (χ0n) is 10.8. The van der Waals surface area contributed by atoms with E-state index in [1.165, 1.54) is 24.3 Å². The normalized spacial score (nSPS) is 11.2. The monoisotopic (exact) mass is 272 g/mol. The van der Waals surface area contributed by atoms with Gasteiger partial charge in [-0.3, -0.25) is 5.43 Å². The van der Waals surface area contributed by atoms with Gasteiger partial charge in [0.1, 0.15) is 5.82 Å². The van der Waals surface area contributed by atoms with E-state index in [9.17, 15) is 9.18 Å². The van der Waals surface area contributed by atoms with Crippen LogP contribution in [0.2, 0.25) is 0 Å². The van der Waals surface area contributed by atoms with E-state index in [1.807, 2.05) is 0 Å². The fourth-order valence-corrected chi connectivity index (χ4v) is 1.63. The molecule has 5 heteroatoms. The number of carboxylic acids is 1. The Balaban J connectivity index is 2.14. The average molecular weight is 272 g/mol. The number of halogens is 1. The number of aromatic carboxylic acids is 1. The maximum absolute atomic E-state index is 12.8. The van der Waals surface area contributed by atoms with Gasteiger partial charge in [0.2, 0.25) is 0 Å². The van der Waals surface area contributed by atoms with Gasteiger partial charge in [-0.25, -0.2) is 9.18 Å². The third-order valence-electron chi connectivity index (χ3n) is 2.72. The molecular weight excluding hydrogens is 259 g/mol. The van der Waals surface area contributed by atoms with Crippen LogP contribution in [-0.2, 0) is 0 Å². The number of hydrogen-bond donors (Lipinski definition) is 2. The molecule has 20 heavy (non-hydrogen) atoms. The molecule has 0 heterocycles. The molecule has 0 aliphatic rings. The number of nitrogens with zero attached hydrogens (tertiary/aromatic N) is 1. The Morgan fingerprint density at radius 2 is 1.85 bits per heavy atom. The van der Waals surface area contributed by atoms with Crippen LogP contribution in [0, 0.1) is 5.82 Å². The quantitative estimate of drug-likeness (QED) is 0.662. The zero-order chi connectivity index (χ0) is 14.5. The molecule has 0 saturated carbocycles. The number of anilines is 1. The highest BCUT2D eigenvalue weighted by Gasteiger charge is 2.03. The van der Waals surface area contributed by atoms with Crippen molar-refractivity contribution in [2.45, 2.75) is 6.92 Å². The second-order valence-corrected chi connectivity index (χ2v) is 4.20. The molecule has 4 nitrogen and oxygen atoms in total. The molecule has 2 aromatic carbocycles. The lowest BCUT2D eigenvalue weighted by molar-refractivity contribution is 0.0697. The summed E-state index contributed by atoms with van der Waals surface area (Å²) in [7, 11) is 0. The first-order valence-corrected chi connectivity index (χ1v) is 5.96. The van der Waals surface area contributed by atoms with E-state index in [4.69, 9.17) is 5.11 Å². The number of rotatable bonds is 4. The van der Waals surface area contributed by atoms with Crippen LogP contribution < -0.4 is 5.43 Å². The van der Waals surface area contributed by atoms with Gasteiger partial charge in [0, 0.05) is 0 Å². The van der Waals surface area contributed by atoms with Gasteiger partial charge in [-0.05, 0) is 42.8 Å². The Labute approximate surface area is 115 Å². The summed E-state index contributed by atoms with van der Waals surface area (Å²) >= 11 is 0. The summed E-state index contributed by atoms with van der Waals surface area (Å²) in [6, 6.07) is 12.3. The molecule has 0 aliphatic heterocycles. The van der Waals surface area contributed by atoms with Gasteiger partial charge >= 0.3 is 5.97 Å². The van der Waals surface area contributed by atoms with Crippen molar-refractivity contribution >= 4 is 17.4 Å². The Bertz CT molecular complexity index is 651. The molecule has 2 aromatic rings. The second-order valence-electron chi connectivity index (χ2n) is 4.20. The predicted molar refractivity (Wildman–Crippen MR) is 75.6 cm³/mol. The van der Waals surface area contributed by atoms with Crippen LogP contribution >= 0.6 is 0 Å². The van der Waals surface area contributed by atoms with Crippen LogP contribution in [-0.4, -0.2) is 16.8 Å². The van der Waals surface area contributed by atoms with Crippen LogP contribution in [0.25, 0.3) is 0 Å². The Morgan fingerprint density at radius 1 is 1.15 bits per heavy atom.